The van der Waals surface area contributed by atoms with Crippen molar-refractivity contribution in [3.05, 3.63) is 39.2 Å². The Morgan fingerprint density at radius 2 is 2.00 bits per heavy atom. The first kappa shape index (κ1) is 17.0. The van der Waals surface area contributed by atoms with Crippen LogP contribution in [0.3, 0.4) is 0 Å². The van der Waals surface area contributed by atoms with E-state index in [2.05, 4.69) is 10.0 Å². The maximum atomic E-state index is 13.8. The van der Waals surface area contributed by atoms with E-state index in [0.717, 1.165) is 18.4 Å². The van der Waals surface area contributed by atoms with Gasteiger partial charge < -0.3 is 5.32 Å². The van der Waals surface area contributed by atoms with Crippen LogP contribution in [0.25, 0.3) is 0 Å². The number of non-ortho nitro benzene ring substituents is 1. The third-order valence-electron chi connectivity index (χ3n) is 2.47. The van der Waals surface area contributed by atoms with Crippen LogP contribution >= 0.6 is 0 Å². The number of amides is 1. The molecular formula is C11H14FN3O5S. The average molecular weight is 319 g/mol. The highest BCUT2D eigenvalue weighted by atomic mass is 32.2. The van der Waals surface area contributed by atoms with E-state index < -0.39 is 37.9 Å². The lowest BCUT2D eigenvalue weighted by atomic mass is 10.1. The number of hydrogen-bond donors (Lipinski definition) is 2. The number of hydrogen-bond acceptors (Lipinski definition) is 5. The summed E-state index contributed by atoms with van der Waals surface area (Å²) in [5.74, 6) is -1.70. The fraction of sp³-hybridized carbons (Fsp3) is 0.364. The van der Waals surface area contributed by atoms with Gasteiger partial charge in [0, 0.05) is 25.2 Å². The van der Waals surface area contributed by atoms with Gasteiger partial charge in [0.25, 0.3) is 11.6 Å². The summed E-state index contributed by atoms with van der Waals surface area (Å²) in [5.41, 5.74) is -0.877. The van der Waals surface area contributed by atoms with Gasteiger partial charge in [-0.25, -0.2) is 17.5 Å². The van der Waals surface area contributed by atoms with Gasteiger partial charge in [-0.1, -0.05) is 0 Å². The molecule has 0 saturated carbocycles. The molecule has 1 aromatic rings. The van der Waals surface area contributed by atoms with E-state index in [-0.39, 0.29) is 18.7 Å². The number of aryl methyl sites for hydroxylation is 1. The summed E-state index contributed by atoms with van der Waals surface area (Å²) >= 11 is 0. The van der Waals surface area contributed by atoms with Crippen LogP contribution in [-0.2, 0) is 10.0 Å². The number of sulfonamides is 1. The average Bonchev–Trinajstić information content (AvgIpc) is 2.36. The Hall–Kier alpha value is -2.07. The lowest BCUT2D eigenvalue weighted by Crippen LogP contribution is -2.34. The highest BCUT2D eigenvalue weighted by Gasteiger charge is 2.19. The molecule has 8 nitrogen and oxygen atoms in total. The number of nitrogens with one attached hydrogen (secondary N) is 2. The van der Waals surface area contributed by atoms with Crippen LogP contribution in [0.4, 0.5) is 10.1 Å². The number of nitro groups is 1. The molecule has 0 radical (unpaired) electrons. The van der Waals surface area contributed by atoms with Crippen molar-refractivity contribution in [2.45, 2.75) is 6.92 Å². The molecule has 0 saturated heterocycles. The molecule has 0 bridgehead atoms. The third kappa shape index (κ3) is 5.08. The van der Waals surface area contributed by atoms with Crippen molar-refractivity contribution in [3.63, 3.8) is 0 Å². The number of nitro benzene ring substituents is 1. The monoisotopic (exact) mass is 319 g/mol. The van der Waals surface area contributed by atoms with Gasteiger partial charge in [-0.3, -0.25) is 14.9 Å². The molecule has 116 valence electrons. The van der Waals surface area contributed by atoms with E-state index in [0.29, 0.717) is 0 Å². The molecule has 10 heteroatoms. The standard InChI is InChI=1S/C11H14FN3O5S/c1-7-5-8(15(17)18)6-9(10(7)12)11(16)13-3-4-14-21(2,19)20/h5-6,14H,3-4H2,1-2H3,(H,13,16). The lowest BCUT2D eigenvalue weighted by Gasteiger charge is -2.08. The minimum Gasteiger partial charge on any atom is -0.351 e. The molecule has 2 N–H and O–H groups in total. The first-order valence-corrected chi connectivity index (χ1v) is 7.68. The minimum atomic E-state index is -3.38. The fourth-order valence-electron chi connectivity index (χ4n) is 1.53. The SMILES string of the molecule is Cc1cc([N+](=O)[O-])cc(C(=O)NCCNS(C)(=O)=O)c1F. The van der Waals surface area contributed by atoms with Crippen LogP contribution in [0, 0.1) is 22.9 Å². The Morgan fingerprint density at radius 3 is 2.52 bits per heavy atom. The van der Waals surface area contributed by atoms with Gasteiger partial charge in [-0.2, -0.15) is 0 Å². The van der Waals surface area contributed by atoms with Crippen LogP contribution in [-0.4, -0.2) is 38.6 Å². The second-order valence-electron chi connectivity index (χ2n) is 4.30. The van der Waals surface area contributed by atoms with Crippen molar-refractivity contribution >= 4 is 21.6 Å². The Kier molecular flexibility index (Phi) is 5.33. The molecule has 0 fully saturated rings. The second kappa shape index (κ2) is 6.59. The molecule has 0 unspecified atom stereocenters. The largest absolute Gasteiger partial charge is 0.351 e. The second-order valence-corrected chi connectivity index (χ2v) is 6.14. The molecule has 0 aliphatic heterocycles. The predicted octanol–water partition coefficient (Wildman–Crippen LogP) is 0.321. The molecule has 21 heavy (non-hydrogen) atoms. The summed E-state index contributed by atoms with van der Waals surface area (Å²) in [6.07, 6.45) is 0.957. The van der Waals surface area contributed by atoms with Crippen LogP contribution in [0.2, 0.25) is 0 Å². The first-order valence-electron chi connectivity index (χ1n) is 5.79. The number of benzene rings is 1. The first-order chi connectivity index (χ1) is 9.61. The van der Waals surface area contributed by atoms with Gasteiger partial charge in [0.15, 0.2) is 0 Å². The molecule has 1 rings (SSSR count). The molecule has 0 aromatic heterocycles. The highest BCUT2D eigenvalue weighted by Crippen LogP contribution is 2.20. The number of carbonyl (C=O) groups excluding carboxylic acids is 1. The summed E-state index contributed by atoms with van der Waals surface area (Å²) in [5, 5.41) is 13.0. The van der Waals surface area contributed by atoms with E-state index in [9.17, 15) is 27.7 Å². The van der Waals surface area contributed by atoms with E-state index in [1.165, 1.54) is 6.92 Å². The zero-order valence-electron chi connectivity index (χ0n) is 11.3. The van der Waals surface area contributed by atoms with Gasteiger partial charge >= 0.3 is 0 Å². The van der Waals surface area contributed by atoms with Gasteiger partial charge in [-0.05, 0) is 12.5 Å². The van der Waals surface area contributed by atoms with Crippen LogP contribution < -0.4 is 10.0 Å². The molecular weight excluding hydrogens is 305 g/mol. The zero-order valence-corrected chi connectivity index (χ0v) is 12.2. The van der Waals surface area contributed by atoms with Gasteiger partial charge in [0.2, 0.25) is 10.0 Å². The molecule has 0 aliphatic rings. The van der Waals surface area contributed by atoms with Crippen LogP contribution in [0.1, 0.15) is 15.9 Å². The summed E-state index contributed by atoms with van der Waals surface area (Å²) in [6, 6.07) is 1.86. The Morgan fingerprint density at radius 1 is 1.38 bits per heavy atom. The smallest absolute Gasteiger partial charge is 0.270 e. The van der Waals surface area contributed by atoms with Crippen molar-refractivity contribution in [3.8, 4) is 0 Å². The topological polar surface area (TPSA) is 118 Å². The predicted molar refractivity (Wildman–Crippen MR) is 73.0 cm³/mol. The summed E-state index contributed by atoms with van der Waals surface area (Å²) in [7, 11) is -3.38. The number of rotatable bonds is 6. The molecule has 0 atom stereocenters. The summed E-state index contributed by atoms with van der Waals surface area (Å²) in [6.45, 7) is 1.16. The summed E-state index contributed by atoms with van der Waals surface area (Å²) in [4.78, 5) is 21.7. The van der Waals surface area contributed by atoms with E-state index >= 15 is 0 Å². The Bertz CT molecular complexity index is 675. The van der Waals surface area contributed by atoms with Gasteiger partial charge in [0.1, 0.15) is 5.82 Å². The molecule has 1 aromatic carbocycles. The van der Waals surface area contributed by atoms with Crippen molar-refractivity contribution < 1.29 is 22.5 Å². The molecule has 0 heterocycles. The molecule has 1 amide bonds. The quantitative estimate of drug-likeness (QED) is 0.445. The van der Waals surface area contributed by atoms with Crippen molar-refractivity contribution in [2.24, 2.45) is 0 Å². The molecule has 0 aliphatic carbocycles. The number of nitrogens with zero attached hydrogens (tertiary/aromatic N) is 1. The maximum Gasteiger partial charge on any atom is 0.270 e. The Labute approximate surface area is 120 Å². The van der Waals surface area contributed by atoms with E-state index in [1.54, 1.807) is 0 Å². The highest BCUT2D eigenvalue weighted by molar-refractivity contribution is 7.88. The van der Waals surface area contributed by atoms with E-state index in [1.807, 2.05) is 0 Å². The fourth-order valence-corrected chi connectivity index (χ4v) is 2.00. The Balaban J connectivity index is 2.80. The minimum absolute atomic E-state index is 0.0244. The van der Waals surface area contributed by atoms with Crippen molar-refractivity contribution in [1.29, 1.82) is 0 Å². The number of carbonyl (C=O) groups is 1. The molecule has 0 spiro atoms. The number of halogens is 1. The van der Waals surface area contributed by atoms with E-state index in [4.69, 9.17) is 0 Å². The van der Waals surface area contributed by atoms with Crippen molar-refractivity contribution in [1.82, 2.24) is 10.0 Å². The lowest BCUT2D eigenvalue weighted by molar-refractivity contribution is -0.385. The van der Waals surface area contributed by atoms with Crippen LogP contribution in [0.5, 0.6) is 0 Å². The van der Waals surface area contributed by atoms with Gasteiger partial charge in [-0.15, -0.1) is 0 Å². The normalized spacial score (nSPS) is 11.2. The van der Waals surface area contributed by atoms with Crippen LogP contribution in [0.15, 0.2) is 12.1 Å². The van der Waals surface area contributed by atoms with Crippen molar-refractivity contribution in [2.75, 3.05) is 19.3 Å². The zero-order chi connectivity index (χ0) is 16.2. The third-order valence-corrected chi connectivity index (χ3v) is 3.20. The van der Waals surface area contributed by atoms with Gasteiger partial charge in [0.05, 0.1) is 16.7 Å². The maximum absolute atomic E-state index is 13.8. The summed E-state index contributed by atoms with van der Waals surface area (Å²) < 4.78 is 37.5.